The van der Waals surface area contributed by atoms with Crippen molar-refractivity contribution in [3.8, 4) is 0 Å². The molecular formula is C19H22N2. The quantitative estimate of drug-likeness (QED) is 0.718. The van der Waals surface area contributed by atoms with Crippen LogP contribution in [-0.4, -0.2) is 11.5 Å². The molecule has 0 aliphatic heterocycles. The number of benzene rings is 2. The lowest BCUT2D eigenvalue weighted by Gasteiger charge is -2.20. The van der Waals surface area contributed by atoms with Crippen molar-refractivity contribution in [2.75, 3.05) is 6.54 Å². The van der Waals surface area contributed by atoms with Gasteiger partial charge in [-0.2, -0.15) is 0 Å². The summed E-state index contributed by atoms with van der Waals surface area (Å²) in [7, 11) is 0. The van der Waals surface area contributed by atoms with E-state index >= 15 is 0 Å². The first-order valence-corrected chi connectivity index (χ1v) is 7.60. The summed E-state index contributed by atoms with van der Waals surface area (Å²) in [6, 6.07) is 19.2. The molecule has 0 bridgehead atoms. The summed E-state index contributed by atoms with van der Waals surface area (Å²) in [6.45, 7) is 2.95. The molecule has 0 aliphatic rings. The van der Waals surface area contributed by atoms with E-state index in [4.69, 9.17) is 5.73 Å². The lowest BCUT2D eigenvalue weighted by molar-refractivity contribution is 0.510. The van der Waals surface area contributed by atoms with Crippen molar-refractivity contribution in [1.82, 2.24) is 4.98 Å². The van der Waals surface area contributed by atoms with Gasteiger partial charge in [0.15, 0.2) is 0 Å². The highest BCUT2D eigenvalue weighted by atomic mass is 14.7. The van der Waals surface area contributed by atoms with Gasteiger partial charge in [-0.1, -0.05) is 55.5 Å². The van der Waals surface area contributed by atoms with Crippen LogP contribution in [0.3, 0.4) is 0 Å². The molecule has 21 heavy (non-hydrogen) atoms. The fraction of sp³-hybridized carbons (Fsp3) is 0.263. The fourth-order valence-electron chi connectivity index (χ4n) is 3.01. The van der Waals surface area contributed by atoms with Gasteiger partial charge in [-0.05, 0) is 36.1 Å². The lowest BCUT2D eigenvalue weighted by Crippen LogP contribution is -2.15. The molecule has 0 spiro atoms. The molecule has 2 nitrogen and oxygen atoms in total. The van der Waals surface area contributed by atoms with Crippen LogP contribution in [0.5, 0.6) is 0 Å². The Kier molecular flexibility index (Phi) is 4.07. The van der Waals surface area contributed by atoms with Gasteiger partial charge < -0.3 is 10.7 Å². The topological polar surface area (TPSA) is 41.8 Å². The summed E-state index contributed by atoms with van der Waals surface area (Å²) in [5, 5.41) is 1.32. The average molecular weight is 278 g/mol. The third-order valence-electron chi connectivity index (χ3n) is 4.24. The summed E-state index contributed by atoms with van der Waals surface area (Å²) in [6.07, 6.45) is 3.23. The van der Waals surface area contributed by atoms with E-state index in [1.165, 1.54) is 22.0 Å². The predicted octanol–water partition coefficient (Wildman–Crippen LogP) is 4.28. The van der Waals surface area contributed by atoms with Crippen LogP contribution >= 0.6 is 0 Å². The minimum atomic E-state index is 0.390. The highest BCUT2D eigenvalue weighted by molar-refractivity contribution is 5.84. The van der Waals surface area contributed by atoms with Crippen LogP contribution in [0.1, 0.15) is 30.4 Å². The monoisotopic (exact) mass is 278 g/mol. The van der Waals surface area contributed by atoms with E-state index in [0.717, 1.165) is 13.0 Å². The van der Waals surface area contributed by atoms with E-state index in [9.17, 15) is 0 Å². The number of aromatic amines is 1. The van der Waals surface area contributed by atoms with E-state index in [1.807, 2.05) is 0 Å². The van der Waals surface area contributed by atoms with Crippen molar-refractivity contribution < 1.29 is 0 Å². The van der Waals surface area contributed by atoms with Gasteiger partial charge in [0.05, 0.1) is 0 Å². The zero-order chi connectivity index (χ0) is 14.7. The zero-order valence-corrected chi connectivity index (χ0v) is 12.4. The third kappa shape index (κ3) is 2.86. The normalized spacial score (nSPS) is 14.2. The zero-order valence-electron chi connectivity index (χ0n) is 12.4. The summed E-state index contributed by atoms with van der Waals surface area (Å²) in [5.41, 5.74) is 9.80. The van der Waals surface area contributed by atoms with Gasteiger partial charge in [0, 0.05) is 23.0 Å². The second-order valence-corrected chi connectivity index (χ2v) is 5.83. The molecule has 2 aromatic carbocycles. The van der Waals surface area contributed by atoms with Crippen molar-refractivity contribution in [3.05, 3.63) is 71.9 Å². The number of H-pyrrole nitrogens is 1. The van der Waals surface area contributed by atoms with Gasteiger partial charge in [0.2, 0.25) is 0 Å². The molecule has 1 aromatic heterocycles. The Morgan fingerprint density at radius 3 is 2.48 bits per heavy atom. The van der Waals surface area contributed by atoms with Crippen LogP contribution in [-0.2, 0) is 0 Å². The standard InChI is InChI=1S/C19H22N2/c1-14(12-20)11-17(15-7-3-2-4-8-15)18-13-21-19-10-6-5-9-16(18)19/h2-10,13-14,17,21H,11-12,20H2,1H3. The van der Waals surface area contributed by atoms with Gasteiger partial charge in [-0.25, -0.2) is 0 Å². The number of aromatic nitrogens is 1. The number of para-hydroxylation sites is 1. The fourth-order valence-corrected chi connectivity index (χ4v) is 3.01. The van der Waals surface area contributed by atoms with Crippen molar-refractivity contribution in [1.29, 1.82) is 0 Å². The Morgan fingerprint density at radius 1 is 1.00 bits per heavy atom. The van der Waals surface area contributed by atoms with Crippen molar-refractivity contribution in [3.63, 3.8) is 0 Å². The van der Waals surface area contributed by atoms with Gasteiger partial charge in [0.25, 0.3) is 0 Å². The third-order valence-corrected chi connectivity index (χ3v) is 4.24. The minimum absolute atomic E-state index is 0.390. The highest BCUT2D eigenvalue weighted by Crippen LogP contribution is 2.35. The molecule has 3 aromatic rings. The van der Waals surface area contributed by atoms with Crippen LogP contribution in [0.25, 0.3) is 10.9 Å². The number of rotatable bonds is 5. The summed E-state index contributed by atoms with van der Waals surface area (Å²) in [4.78, 5) is 3.40. The van der Waals surface area contributed by atoms with E-state index in [-0.39, 0.29) is 0 Å². The van der Waals surface area contributed by atoms with Crippen LogP contribution in [0.15, 0.2) is 60.8 Å². The van der Waals surface area contributed by atoms with Crippen LogP contribution in [0, 0.1) is 5.92 Å². The Hall–Kier alpha value is -2.06. The first-order chi connectivity index (χ1) is 10.3. The van der Waals surface area contributed by atoms with Crippen molar-refractivity contribution in [2.45, 2.75) is 19.3 Å². The van der Waals surface area contributed by atoms with Crippen LogP contribution < -0.4 is 5.73 Å². The number of nitrogens with one attached hydrogen (secondary N) is 1. The maximum absolute atomic E-state index is 5.86. The molecule has 0 amide bonds. The predicted molar refractivity (Wildman–Crippen MR) is 89.4 cm³/mol. The van der Waals surface area contributed by atoms with Gasteiger partial charge >= 0.3 is 0 Å². The smallest absolute Gasteiger partial charge is 0.0457 e. The molecule has 2 atom stereocenters. The molecule has 0 aliphatic carbocycles. The molecule has 3 rings (SSSR count). The molecule has 0 saturated carbocycles. The maximum atomic E-state index is 5.86. The maximum Gasteiger partial charge on any atom is 0.0457 e. The molecule has 0 fully saturated rings. The van der Waals surface area contributed by atoms with E-state index in [2.05, 4.69) is 72.7 Å². The molecule has 3 N–H and O–H groups in total. The van der Waals surface area contributed by atoms with Gasteiger partial charge in [-0.15, -0.1) is 0 Å². The first kappa shape index (κ1) is 13.9. The van der Waals surface area contributed by atoms with E-state index < -0.39 is 0 Å². The second-order valence-electron chi connectivity index (χ2n) is 5.83. The lowest BCUT2D eigenvalue weighted by atomic mass is 9.84. The summed E-state index contributed by atoms with van der Waals surface area (Å²) < 4.78 is 0. The average Bonchev–Trinajstić information content (AvgIpc) is 2.97. The molecule has 2 unspecified atom stereocenters. The molecular weight excluding hydrogens is 256 g/mol. The Balaban J connectivity index is 2.06. The SMILES string of the molecule is CC(CN)CC(c1ccccc1)c1c[nH]c2ccccc12. The highest BCUT2D eigenvalue weighted by Gasteiger charge is 2.19. The number of hydrogen-bond donors (Lipinski definition) is 2. The number of hydrogen-bond acceptors (Lipinski definition) is 1. The van der Waals surface area contributed by atoms with Crippen molar-refractivity contribution in [2.24, 2.45) is 11.7 Å². The molecule has 0 radical (unpaired) electrons. The van der Waals surface area contributed by atoms with Gasteiger partial charge in [-0.3, -0.25) is 0 Å². The van der Waals surface area contributed by atoms with E-state index in [0.29, 0.717) is 11.8 Å². The van der Waals surface area contributed by atoms with Crippen LogP contribution in [0.4, 0.5) is 0 Å². The van der Waals surface area contributed by atoms with E-state index in [1.54, 1.807) is 0 Å². The summed E-state index contributed by atoms with van der Waals surface area (Å²) >= 11 is 0. The summed E-state index contributed by atoms with van der Waals surface area (Å²) in [5.74, 6) is 0.893. The Morgan fingerprint density at radius 2 is 1.71 bits per heavy atom. The molecule has 0 saturated heterocycles. The first-order valence-electron chi connectivity index (χ1n) is 7.60. The van der Waals surface area contributed by atoms with Crippen LogP contribution in [0.2, 0.25) is 0 Å². The minimum Gasteiger partial charge on any atom is -0.361 e. The Bertz CT molecular complexity index is 700. The number of fused-ring (bicyclic) bond motifs is 1. The molecule has 108 valence electrons. The largest absolute Gasteiger partial charge is 0.361 e. The molecule has 2 heteroatoms. The second kappa shape index (κ2) is 6.15. The number of nitrogens with two attached hydrogens (primary N) is 1. The van der Waals surface area contributed by atoms with Gasteiger partial charge in [0.1, 0.15) is 0 Å². The van der Waals surface area contributed by atoms with Crippen molar-refractivity contribution >= 4 is 10.9 Å². The Labute approximate surface area is 126 Å². The molecule has 1 heterocycles.